The van der Waals surface area contributed by atoms with Crippen LogP contribution in [0, 0.1) is 0 Å². The van der Waals surface area contributed by atoms with E-state index in [4.69, 9.17) is 15.0 Å². The Kier molecular flexibility index (Phi) is 7.07. The van der Waals surface area contributed by atoms with Gasteiger partial charge < -0.3 is 0 Å². The number of hydrogen-bond donors (Lipinski definition) is 0. The smallest absolute Gasteiger partial charge is 0.164 e. The fourth-order valence-corrected chi connectivity index (χ4v) is 7.37. The maximum absolute atomic E-state index is 4.96. The average molecular weight is 666 g/mol. The molecule has 0 radical (unpaired) electrons. The average Bonchev–Trinajstić information content (AvgIpc) is 3.74. The zero-order chi connectivity index (χ0) is 34.4. The Balaban J connectivity index is 1.10. The van der Waals surface area contributed by atoms with E-state index in [9.17, 15) is 0 Å². The summed E-state index contributed by atoms with van der Waals surface area (Å²) in [6.07, 6.45) is 0. The van der Waals surface area contributed by atoms with Gasteiger partial charge in [-0.3, -0.25) is 8.97 Å². The molecule has 0 bridgehead atoms. The molecule has 0 N–H and O–H groups in total. The van der Waals surface area contributed by atoms with Crippen molar-refractivity contribution < 1.29 is 0 Å². The van der Waals surface area contributed by atoms with Gasteiger partial charge in [-0.1, -0.05) is 152 Å². The molecule has 0 atom stereocenters. The van der Waals surface area contributed by atoms with Gasteiger partial charge in [-0.05, 0) is 53.1 Å². The van der Waals surface area contributed by atoms with Crippen LogP contribution in [0.2, 0.25) is 0 Å². The number of imidazole rings is 1. The fraction of sp³-hybridized carbons (Fsp3) is 0. The quantitative estimate of drug-likeness (QED) is 0.178. The van der Waals surface area contributed by atoms with Gasteiger partial charge in [-0.15, -0.1) is 0 Å². The normalized spacial score (nSPS) is 11.5. The van der Waals surface area contributed by atoms with Gasteiger partial charge in [-0.2, -0.15) is 0 Å². The maximum Gasteiger partial charge on any atom is 0.164 e. The minimum absolute atomic E-state index is 0.641. The van der Waals surface area contributed by atoms with Crippen molar-refractivity contribution in [3.05, 3.63) is 188 Å². The van der Waals surface area contributed by atoms with Gasteiger partial charge >= 0.3 is 0 Å². The molecule has 0 amide bonds. The molecular formula is C47H31N5. The minimum atomic E-state index is 0.641. The summed E-state index contributed by atoms with van der Waals surface area (Å²) in [5, 5.41) is 1.22. The highest BCUT2D eigenvalue weighted by Gasteiger charge is 2.22. The number of fused-ring (bicyclic) bond motifs is 5. The minimum Gasteiger partial charge on any atom is -0.293 e. The second-order valence-corrected chi connectivity index (χ2v) is 12.9. The van der Waals surface area contributed by atoms with Gasteiger partial charge in [-0.25, -0.2) is 15.0 Å². The third-order valence-corrected chi connectivity index (χ3v) is 9.77. The summed E-state index contributed by atoms with van der Waals surface area (Å²) in [7, 11) is 0. The van der Waals surface area contributed by atoms with Crippen LogP contribution in [0.1, 0.15) is 0 Å². The number of nitrogens with zero attached hydrogens (tertiary/aromatic N) is 5. The van der Waals surface area contributed by atoms with E-state index in [2.05, 4.69) is 136 Å². The molecule has 10 rings (SSSR count). The number of rotatable bonds is 6. The van der Waals surface area contributed by atoms with Crippen molar-refractivity contribution in [2.75, 3.05) is 0 Å². The second-order valence-electron chi connectivity index (χ2n) is 12.9. The van der Waals surface area contributed by atoms with Crippen molar-refractivity contribution in [1.29, 1.82) is 0 Å². The predicted molar refractivity (Wildman–Crippen MR) is 212 cm³/mol. The highest BCUT2D eigenvalue weighted by molar-refractivity contribution is 6.09. The van der Waals surface area contributed by atoms with Crippen LogP contribution in [0.15, 0.2) is 188 Å². The molecule has 0 aliphatic heterocycles. The van der Waals surface area contributed by atoms with Crippen LogP contribution in [0.5, 0.6) is 0 Å². The molecule has 0 fully saturated rings. The van der Waals surface area contributed by atoms with Crippen molar-refractivity contribution in [3.8, 4) is 62.1 Å². The van der Waals surface area contributed by atoms with Crippen LogP contribution in [0.25, 0.3) is 89.7 Å². The van der Waals surface area contributed by atoms with Crippen molar-refractivity contribution in [2.24, 2.45) is 0 Å². The molecule has 0 saturated carbocycles. The van der Waals surface area contributed by atoms with Gasteiger partial charge in [0, 0.05) is 33.3 Å². The molecule has 10 aromatic rings. The second kappa shape index (κ2) is 12.3. The van der Waals surface area contributed by atoms with Crippen molar-refractivity contribution in [1.82, 2.24) is 23.9 Å². The molecule has 3 heterocycles. The lowest BCUT2D eigenvalue weighted by Crippen LogP contribution is -2.00. The Labute approximate surface area is 300 Å². The first-order valence-corrected chi connectivity index (χ1v) is 17.5. The van der Waals surface area contributed by atoms with E-state index in [1.807, 2.05) is 60.7 Å². The summed E-state index contributed by atoms with van der Waals surface area (Å²) < 4.78 is 4.80. The number of aromatic nitrogens is 5. The van der Waals surface area contributed by atoms with Crippen molar-refractivity contribution >= 4 is 27.6 Å². The zero-order valence-corrected chi connectivity index (χ0v) is 28.1. The van der Waals surface area contributed by atoms with Gasteiger partial charge in [0.05, 0.1) is 16.6 Å². The molecule has 0 aliphatic carbocycles. The molecule has 0 unspecified atom stereocenters. The predicted octanol–water partition coefficient (Wildman–Crippen LogP) is 11.6. The Hall–Kier alpha value is -7.11. The van der Waals surface area contributed by atoms with Gasteiger partial charge in [0.15, 0.2) is 17.5 Å². The first-order valence-electron chi connectivity index (χ1n) is 17.5. The van der Waals surface area contributed by atoms with Crippen molar-refractivity contribution in [2.45, 2.75) is 0 Å². The van der Waals surface area contributed by atoms with Gasteiger partial charge in [0.1, 0.15) is 5.65 Å². The summed E-state index contributed by atoms with van der Waals surface area (Å²) in [5.41, 5.74) is 13.3. The molecule has 244 valence electrons. The lowest BCUT2D eigenvalue weighted by molar-refractivity contribution is 1.07. The standard InChI is InChI=1S/C47H31N5/c1-4-15-34(16-5-1)44-48-45(35-17-6-2-7-18-35)50-46(49-44)37-20-14-19-36(31-37)32-27-29-33(30-28-32)43-39-23-10-11-24-40(39)52-42-26-13-12-25-41(42)51(47(43)52)38-21-8-3-9-22-38/h1-31H. The molecular weight excluding hydrogens is 635 g/mol. The first kappa shape index (κ1) is 29.8. The van der Waals surface area contributed by atoms with E-state index in [0.717, 1.165) is 44.7 Å². The third-order valence-electron chi connectivity index (χ3n) is 9.77. The molecule has 0 saturated heterocycles. The van der Waals surface area contributed by atoms with Crippen LogP contribution >= 0.6 is 0 Å². The summed E-state index contributed by atoms with van der Waals surface area (Å²) in [4.78, 5) is 14.8. The van der Waals surface area contributed by atoms with E-state index in [1.54, 1.807) is 0 Å². The topological polar surface area (TPSA) is 48.0 Å². The molecule has 7 aromatic carbocycles. The van der Waals surface area contributed by atoms with Gasteiger partial charge in [0.25, 0.3) is 0 Å². The lowest BCUT2D eigenvalue weighted by atomic mass is 9.98. The van der Waals surface area contributed by atoms with Crippen LogP contribution in [0.4, 0.5) is 0 Å². The first-order chi connectivity index (χ1) is 25.8. The Morgan fingerprint density at radius 2 is 0.808 bits per heavy atom. The number of hydrogen-bond acceptors (Lipinski definition) is 3. The maximum atomic E-state index is 4.96. The molecule has 0 aliphatic rings. The van der Waals surface area contributed by atoms with E-state index < -0.39 is 0 Å². The summed E-state index contributed by atoms with van der Waals surface area (Å²) in [6, 6.07) is 65.6. The third kappa shape index (κ3) is 4.98. The van der Waals surface area contributed by atoms with E-state index in [0.29, 0.717) is 17.5 Å². The van der Waals surface area contributed by atoms with Crippen LogP contribution < -0.4 is 0 Å². The van der Waals surface area contributed by atoms with E-state index >= 15 is 0 Å². The van der Waals surface area contributed by atoms with Crippen LogP contribution in [-0.4, -0.2) is 23.9 Å². The Morgan fingerprint density at radius 3 is 1.46 bits per heavy atom. The van der Waals surface area contributed by atoms with E-state index in [1.165, 1.54) is 27.5 Å². The molecule has 3 aromatic heterocycles. The summed E-state index contributed by atoms with van der Waals surface area (Å²) in [6.45, 7) is 0. The highest BCUT2D eigenvalue weighted by Crippen LogP contribution is 2.41. The molecule has 5 heteroatoms. The molecule has 52 heavy (non-hydrogen) atoms. The fourth-order valence-electron chi connectivity index (χ4n) is 7.37. The Bertz CT molecular complexity index is 2810. The highest BCUT2D eigenvalue weighted by atomic mass is 15.1. The molecule has 0 spiro atoms. The monoisotopic (exact) mass is 665 g/mol. The van der Waals surface area contributed by atoms with E-state index in [-0.39, 0.29) is 0 Å². The number of benzene rings is 7. The SMILES string of the molecule is c1ccc(-c2nc(-c3ccccc3)nc(-c3cccc(-c4ccc(-c5c6ccccc6n6c7ccccc7n(-c7ccccc7)c56)cc4)c3)n2)cc1. The van der Waals surface area contributed by atoms with Crippen molar-refractivity contribution in [3.63, 3.8) is 0 Å². The van der Waals surface area contributed by atoms with Gasteiger partial charge in [0.2, 0.25) is 0 Å². The summed E-state index contributed by atoms with van der Waals surface area (Å²) in [5.74, 6) is 1.94. The van der Waals surface area contributed by atoms with Crippen LogP contribution in [0.3, 0.4) is 0 Å². The zero-order valence-electron chi connectivity index (χ0n) is 28.1. The van der Waals surface area contributed by atoms with Crippen LogP contribution in [-0.2, 0) is 0 Å². The Morgan fingerprint density at radius 1 is 0.327 bits per heavy atom. The lowest BCUT2D eigenvalue weighted by Gasteiger charge is -2.11. The number of para-hydroxylation sites is 4. The molecule has 5 nitrogen and oxygen atoms in total. The summed E-state index contributed by atoms with van der Waals surface area (Å²) >= 11 is 0. The largest absolute Gasteiger partial charge is 0.293 e.